The van der Waals surface area contributed by atoms with E-state index >= 15 is 0 Å². The van der Waals surface area contributed by atoms with Crippen LogP contribution in [0.2, 0.25) is 0 Å². The molecule has 0 spiro atoms. The van der Waals surface area contributed by atoms with E-state index in [1.807, 2.05) is 0 Å². The number of benzene rings is 14. The molecule has 0 unspecified atom stereocenters. The van der Waals surface area contributed by atoms with E-state index in [2.05, 4.69) is 472 Å². The van der Waals surface area contributed by atoms with Crippen molar-refractivity contribution in [1.82, 2.24) is 0 Å². The summed E-state index contributed by atoms with van der Waals surface area (Å²) in [5.41, 5.74) is 39.6. The third-order valence-electron chi connectivity index (χ3n) is 30.9. The summed E-state index contributed by atoms with van der Waals surface area (Å²) in [4.78, 5) is 9.56. The van der Waals surface area contributed by atoms with E-state index in [-0.39, 0.29) is 32.5 Å². The van der Waals surface area contributed by atoms with Gasteiger partial charge in [0, 0.05) is 79.1 Å². The molecule has 0 saturated heterocycles. The first-order valence-corrected chi connectivity index (χ1v) is 55.2. The molecule has 740 valence electrons. The van der Waals surface area contributed by atoms with E-state index < -0.39 is 0 Å². The number of anilines is 12. The Morgan fingerprint density at radius 1 is 0.190 bits per heavy atom. The Kier molecular flexibility index (Phi) is 35.4. The minimum Gasteiger partial charge on any atom is -0.311 e. The molecule has 0 amide bonds. The molecule has 14 aromatic rings. The second kappa shape index (κ2) is 48.1. The van der Waals surface area contributed by atoms with Crippen LogP contribution >= 0.6 is 0 Å². The van der Waals surface area contributed by atoms with Gasteiger partial charge in [-0.25, -0.2) is 0 Å². The number of hydrogen-bond acceptors (Lipinski definition) is 4. The van der Waals surface area contributed by atoms with Gasteiger partial charge in [-0.05, 0) is 323 Å². The van der Waals surface area contributed by atoms with Crippen LogP contribution in [-0.4, -0.2) is 0 Å². The first kappa shape index (κ1) is 105. The summed E-state index contributed by atoms with van der Waals surface area (Å²) in [5.74, 6) is 0. The fraction of sp³-hybridized carbons (Fsp3) is 0.391. The Morgan fingerprint density at radius 3 is 0.641 bits per heavy atom. The summed E-state index contributed by atoms with van der Waals surface area (Å²) < 4.78 is 0. The lowest BCUT2D eigenvalue weighted by molar-refractivity contribution is 0.283. The van der Waals surface area contributed by atoms with Crippen LogP contribution in [0.1, 0.15) is 345 Å². The molecule has 0 aromatic heterocycles. The van der Waals surface area contributed by atoms with Crippen molar-refractivity contribution < 1.29 is 0 Å². The molecule has 0 saturated carbocycles. The molecule has 2 aliphatic rings. The largest absolute Gasteiger partial charge is 0.311 e. The Morgan fingerprint density at radius 2 is 0.387 bits per heavy atom. The number of aryl methyl sites for hydroxylation is 4. The minimum atomic E-state index is 0.0467. The fourth-order valence-electron chi connectivity index (χ4n) is 24.2. The smallest absolute Gasteiger partial charge is 0.0463 e. The molecule has 14 aromatic carbocycles. The molecule has 4 nitrogen and oxygen atoms in total. The van der Waals surface area contributed by atoms with Gasteiger partial charge in [-0.2, -0.15) is 0 Å². The predicted molar refractivity (Wildman–Crippen MR) is 620 cm³/mol. The summed E-state index contributed by atoms with van der Waals surface area (Å²) in [6.07, 6.45) is 39.0. The average Bonchev–Trinajstić information content (AvgIpc) is 1.56. The zero-order chi connectivity index (χ0) is 100. The lowest BCUT2D eigenvalue weighted by Crippen LogP contribution is -2.25. The first-order chi connectivity index (χ1) is 68.6. The van der Waals surface area contributed by atoms with Crippen molar-refractivity contribution in [2.45, 2.75) is 339 Å². The monoisotopic (exact) mass is 1880 g/mol. The van der Waals surface area contributed by atoms with Crippen LogP contribution in [0.15, 0.2) is 328 Å². The highest BCUT2D eigenvalue weighted by atomic mass is 15.2. The van der Waals surface area contributed by atoms with Gasteiger partial charge in [-0.3, -0.25) is 0 Å². The molecule has 16 rings (SSSR count). The molecule has 0 bridgehead atoms. The third kappa shape index (κ3) is 25.7. The SMILES string of the molecule is CCCCCCCCC1(CCCCCCCC)c2cc(C)ccc2-c2ccc(-c3ccc(N(c4ccc(C)cc4)c4ccc(N(c5ccc(C(C)(C)CC(C)(C)C)cc5)c5ccc(C(C)(C)CC(C)(C)C)cc5)cc4)cc3)cc21.CCCCCCCCC1(CCCCCCCC)c2cc(C)ccc2-c2ccc(-c3ccc(N(c4ccc(C)cc4)c4ccc(N(c5ccccc5)c5ccccc5)cc4)cc3)cc21. The maximum Gasteiger partial charge on any atom is 0.0463 e. The van der Waals surface area contributed by atoms with Gasteiger partial charge in [0.15, 0.2) is 0 Å². The highest BCUT2D eigenvalue weighted by Gasteiger charge is 2.45. The Balaban J connectivity index is 0.000000219. The lowest BCUT2D eigenvalue weighted by Gasteiger charge is -2.34. The number of nitrogens with zero attached hydrogens (tertiary/aromatic N) is 4. The maximum atomic E-state index is 2.61. The maximum absolute atomic E-state index is 2.61. The van der Waals surface area contributed by atoms with E-state index in [0.717, 1.165) is 81.1 Å². The zero-order valence-electron chi connectivity index (χ0n) is 90.2. The summed E-state index contributed by atoms with van der Waals surface area (Å²) in [7, 11) is 0. The Labute approximate surface area is 859 Å². The van der Waals surface area contributed by atoms with E-state index in [1.54, 1.807) is 22.3 Å². The zero-order valence-corrected chi connectivity index (χ0v) is 90.2. The van der Waals surface area contributed by atoms with Crippen LogP contribution in [0.3, 0.4) is 0 Å². The number of para-hydroxylation sites is 2. The first-order valence-electron chi connectivity index (χ1n) is 55.2. The molecule has 2 aliphatic carbocycles. The van der Waals surface area contributed by atoms with Crippen molar-refractivity contribution >= 4 is 68.2 Å². The lowest BCUT2D eigenvalue weighted by atomic mass is 9.70. The summed E-state index contributed by atoms with van der Waals surface area (Å²) in [5, 5.41) is 0. The minimum absolute atomic E-state index is 0.0467. The van der Waals surface area contributed by atoms with Gasteiger partial charge in [0.2, 0.25) is 0 Å². The molecule has 0 heterocycles. The Hall–Kier alpha value is -11.7. The number of rotatable bonds is 46. The van der Waals surface area contributed by atoms with E-state index in [4.69, 9.17) is 0 Å². The van der Waals surface area contributed by atoms with Gasteiger partial charge < -0.3 is 19.6 Å². The van der Waals surface area contributed by atoms with Crippen LogP contribution in [0.5, 0.6) is 0 Å². The molecule has 142 heavy (non-hydrogen) atoms. The highest BCUT2D eigenvalue weighted by Crippen LogP contribution is 2.59. The molecule has 0 atom stereocenters. The fourth-order valence-corrected chi connectivity index (χ4v) is 24.2. The van der Waals surface area contributed by atoms with Gasteiger partial charge in [0.1, 0.15) is 0 Å². The summed E-state index contributed by atoms with van der Waals surface area (Å²) >= 11 is 0. The second-order valence-electron chi connectivity index (χ2n) is 46.0. The van der Waals surface area contributed by atoms with Crippen molar-refractivity contribution in [1.29, 1.82) is 0 Å². The molecule has 0 N–H and O–H groups in total. The van der Waals surface area contributed by atoms with Crippen LogP contribution in [0.4, 0.5) is 68.2 Å². The number of fused-ring (bicyclic) bond motifs is 6. The molecular weight excluding hydrogens is 1710 g/mol. The summed E-state index contributed by atoms with van der Waals surface area (Å²) in [6, 6.07) is 124. The molecular formula is C138H168N4. The molecule has 4 heteroatoms. The quantitative estimate of drug-likeness (QED) is 0.0353. The van der Waals surface area contributed by atoms with Gasteiger partial charge in [0.25, 0.3) is 0 Å². The topological polar surface area (TPSA) is 13.0 Å². The van der Waals surface area contributed by atoms with Crippen molar-refractivity contribution in [2.75, 3.05) is 19.6 Å². The van der Waals surface area contributed by atoms with Crippen LogP contribution in [0, 0.1) is 38.5 Å². The molecule has 0 aliphatic heterocycles. The normalized spacial score (nSPS) is 13.0. The predicted octanol–water partition coefficient (Wildman–Crippen LogP) is 42.8. The third-order valence-corrected chi connectivity index (χ3v) is 30.9. The number of hydrogen-bond donors (Lipinski definition) is 0. The van der Waals surface area contributed by atoms with Crippen LogP contribution in [-0.2, 0) is 21.7 Å². The van der Waals surface area contributed by atoms with E-state index in [0.29, 0.717) is 0 Å². The number of unbranched alkanes of at least 4 members (excludes halogenated alkanes) is 20. The summed E-state index contributed by atoms with van der Waals surface area (Å²) in [6.45, 7) is 41.9. The van der Waals surface area contributed by atoms with Crippen LogP contribution < -0.4 is 19.6 Å². The van der Waals surface area contributed by atoms with Gasteiger partial charge in [-0.15, -0.1) is 0 Å². The van der Waals surface area contributed by atoms with Gasteiger partial charge in [0.05, 0.1) is 0 Å². The van der Waals surface area contributed by atoms with Crippen LogP contribution in [0.25, 0.3) is 44.5 Å². The highest BCUT2D eigenvalue weighted by molar-refractivity contribution is 5.89. The second-order valence-corrected chi connectivity index (χ2v) is 46.0. The Bertz CT molecular complexity index is 6140. The van der Waals surface area contributed by atoms with E-state index in [1.165, 1.54) is 258 Å². The standard InChI is InChI=1S/C77H100N2.C61H68N2/c1-15-17-19-21-23-25-51-77(52-26-24-22-20-18-16-2)71-53-58(4)29-49-69(71)70-50-32-60(54-72(70)77)59-30-39-64(40-31-59)78(63-37-27-57(3)28-38-63)67-45-47-68(48-46-67)79(65-41-33-61(34-42-65)75(11,12)55-73(5,6)7)66-43-35-62(36-44-66)76(13,14)56-74(8,9)10;1-5-7-9-11-13-21-43-61(44-22-14-12-10-8-6-2)59-45-48(4)29-41-57(59)58-42-32-50(46-60(58)61)49-30-35-54(36-31-49)63(53-33-27-47(3)28-34-53)56-39-37-55(38-40-56)62(51-23-17-15-18-24-51)52-25-19-16-20-26-52/h27-50,53-54H,15-26,51-52,55-56H2,1-14H3;15-20,23-42,45-46H,5-14,21-22,43-44H2,1-4H3. The molecule has 0 fully saturated rings. The van der Waals surface area contributed by atoms with Crippen molar-refractivity contribution in [3.8, 4) is 44.5 Å². The van der Waals surface area contributed by atoms with Crippen molar-refractivity contribution in [3.05, 3.63) is 383 Å². The molecule has 0 radical (unpaired) electrons. The van der Waals surface area contributed by atoms with E-state index in [9.17, 15) is 0 Å². The average molecular weight is 1880 g/mol. The van der Waals surface area contributed by atoms with Gasteiger partial charge >= 0.3 is 0 Å². The van der Waals surface area contributed by atoms with Crippen molar-refractivity contribution in [3.63, 3.8) is 0 Å². The van der Waals surface area contributed by atoms with Crippen molar-refractivity contribution in [2.24, 2.45) is 10.8 Å². The van der Waals surface area contributed by atoms with Gasteiger partial charge in [-0.1, -0.05) is 443 Å².